The zero-order valence-corrected chi connectivity index (χ0v) is 10.1. The third kappa shape index (κ3) is 2.30. The summed E-state index contributed by atoms with van der Waals surface area (Å²) in [5.41, 5.74) is -0.250. The molecule has 100 valence electrons. The van der Waals surface area contributed by atoms with Gasteiger partial charge in [-0.15, -0.1) is 0 Å². The van der Waals surface area contributed by atoms with Crippen molar-refractivity contribution in [1.82, 2.24) is 0 Å². The topological polar surface area (TPSA) is 85.2 Å². The maximum absolute atomic E-state index is 14.0. The zero-order chi connectivity index (χ0) is 13.9. The minimum Gasteiger partial charge on any atom is -0.493 e. The molecule has 18 heavy (non-hydrogen) atoms. The lowest BCUT2D eigenvalue weighted by atomic mass is 10.1. The van der Waals surface area contributed by atoms with Gasteiger partial charge in [-0.05, 0) is 6.07 Å². The fraction of sp³-hybridized carbons (Fsp3) is 0.364. The molecule has 0 fully saturated rings. The minimum absolute atomic E-state index is 0.0360. The number of methoxy groups -OCH3 is 3. The lowest BCUT2D eigenvalue weighted by Crippen LogP contribution is -2.13. The van der Waals surface area contributed by atoms with Gasteiger partial charge >= 0.3 is 5.97 Å². The Labute approximate surface area is 103 Å². The first-order valence-corrected chi connectivity index (χ1v) is 4.87. The molecule has 0 saturated carbocycles. The van der Waals surface area contributed by atoms with Crippen LogP contribution in [0, 0.1) is 5.82 Å². The van der Waals surface area contributed by atoms with Gasteiger partial charge in [-0.3, -0.25) is 0 Å². The Bertz CT molecular complexity index is 459. The SMILES string of the molecule is COc1cc(C(O)C(=O)O)c(OC)c(F)c1OC. The predicted molar refractivity (Wildman–Crippen MR) is 58.7 cm³/mol. The number of hydrogen-bond donors (Lipinski definition) is 2. The molecular formula is C11H13FO6. The van der Waals surface area contributed by atoms with Crippen LogP contribution in [0.15, 0.2) is 6.07 Å². The highest BCUT2D eigenvalue weighted by Crippen LogP contribution is 2.41. The molecule has 0 bridgehead atoms. The van der Waals surface area contributed by atoms with Crippen LogP contribution in [0.3, 0.4) is 0 Å². The molecule has 1 unspecified atom stereocenters. The number of aliphatic hydroxyl groups is 1. The molecule has 0 heterocycles. The summed E-state index contributed by atoms with van der Waals surface area (Å²) in [6, 6.07) is 1.15. The number of aliphatic carboxylic acids is 1. The Morgan fingerprint density at radius 2 is 1.78 bits per heavy atom. The molecule has 0 aliphatic heterocycles. The van der Waals surface area contributed by atoms with Gasteiger partial charge < -0.3 is 24.4 Å². The molecule has 1 aromatic carbocycles. The van der Waals surface area contributed by atoms with E-state index in [-0.39, 0.29) is 17.1 Å². The highest BCUT2D eigenvalue weighted by molar-refractivity contribution is 5.76. The van der Waals surface area contributed by atoms with Crippen LogP contribution < -0.4 is 14.2 Å². The predicted octanol–water partition coefficient (Wildman–Crippen LogP) is 0.969. The van der Waals surface area contributed by atoms with Crippen molar-refractivity contribution in [3.05, 3.63) is 17.4 Å². The average molecular weight is 260 g/mol. The van der Waals surface area contributed by atoms with Crippen molar-refractivity contribution in [3.63, 3.8) is 0 Å². The number of carbonyl (C=O) groups is 1. The van der Waals surface area contributed by atoms with E-state index in [4.69, 9.17) is 19.3 Å². The number of rotatable bonds is 5. The van der Waals surface area contributed by atoms with Gasteiger partial charge in [0.25, 0.3) is 0 Å². The van der Waals surface area contributed by atoms with E-state index in [0.717, 1.165) is 13.2 Å². The van der Waals surface area contributed by atoms with E-state index in [1.54, 1.807) is 0 Å². The Morgan fingerprint density at radius 3 is 2.17 bits per heavy atom. The lowest BCUT2D eigenvalue weighted by molar-refractivity contribution is -0.147. The van der Waals surface area contributed by atoms with E-state index >= 15 is 0 Å². The second kappa shape index (κ2) is 5.54. The summed E-state index contributed by atoms with van der Waals surface area (Å²) in [4.78, 5) is 10.7. The third-order valence-electron chi connectivity index (χ3n) is 2.33. The average Bonchev–Trinajstić information content (AvgIpc) is 2.36. The number of benzene rings is 1. The van der Waals surface area contributed by atoms with E-state index < -0.39 is 23.6 Å². The number of ether oxygens (including phenoxy) is 3. The van der Waals surface area contributed by atoms with Crippen LogP contribution in [0.25, 0.3) is 0 Å². The Kier molecular flexibility index (Phi) is 4.33. The maximum Gasteiger partial charge on any atom is 0.337 e. The van der Waals surface area contributed by atoms with Gasteiger partial charge in [-0.2, -0.15) is 4.39 Å². The lowest BCUT2D eigenvalue weighted by Gasteiger charge is -2.16. The van der Waals surface area contributed by atoms with E-state index in [1.807, 2.05) is 0 Å². The van der Waals surface area contributed by atoms with Gasteiger partial charge in [0.15, 0.2) is 17.6 Å². The van der Waals surface area contributed by atoms with Crippen molar-refractivity contribution in [2.75, 3.05) is 21.3 Å². The summed E-state index contributed by atoms with van der Waals surface area (Å²) in [6.07, 6.45) is -1.92. The van der Waals surface area contributed by atoms with Crippen LogP contribution in [0.5, 0.6) is 17.2 Å². The molecule has 0 radical (unpaired) electrons. The molecule has 0 saturated heterocycles. The van der Waals surface area contributed by atoms with Gasteiger partial charge in [0.2, 0.25) is 11.6 Å². The van der Waals surface area contributed by atoms with E-state index in [0.29, 0.717) is 0 Å². The summed E-state index contributed by atoms with van der Waals surface area (Å²) in [6.45, 7) is 0. The summed E-state index contributed by atoms with van der Waals surface area (Å²) >= 11 is 0. The number of carboxylic acid groups (broad SMARTS) is 1. The summed E-state index contributed by atoms with van der Waals surface area (Å²) in [5.74, 6) is -3.13. The standard InChI is InChI=1S/C11H13FO6/c1-16-6-4-5(8(13)11(14)15)9(17-2)7(12)10(6)18-3/h4,8,13H,1-3H3,(H,14,15). The van der Waals surface area contributed by atoms with Crippen molar-refractivity contribution in [2.45, 2.75) is 6.10 Å². The summed E-state index contributed by atoms with van der Waals surface area (Å²) < 4.78 is 28.4. The largest absolute Gasteiger partial charge is 0.493 e. The molecule has 7 heteroatoms. The number of aliphatic hydroxyl groups excluding tert-OH is 1. The monoisotopic (exact) mass is 260 g/mol. The molecule has 0 aromatic heterocycles. The molecule has 2 N–H and O–H groups in total. The van der Waals surface area contributed by atoms with Crippen LogP contribution in [0.1, 0.15) is 11.7 Å². The third-order valence-corrected chi connectivity index (χ3v) is 2.33. The molecule has 0 aliphatic carbocycles. The van der Waals surface area contributed by atoms with Crippen LogP contribution in [0.2, 0.25) is 0 Å². The van der Waals surface area contributed by atoms with Crippen molar-refractivity contribution in [2.24, 2.45) is 0 Å². The highest BCUT2D eigenvalue weighted by Gasteiger charge is 2.28. The highest BCUT2D eigenvalue weighted by atomic mass is 19.1. The Balaban J connectivity index is 3.51. The number of halogens is 1. The van der Waals surface area contributed by atoms with E-state index in [1.165, 1.54) is 14.2 Å². The minimum atomic E-state index is -1.92. The fourth-order valence-corrected chi connectivity index (χ4v) is 1.50. The van der Waals surface area contributed by atoms with E-state index in [9.17, 15) is 14.3 Å². The van der Waals surface area contributed by atoms with Gasteiger partial charge in [0.05, 0.1) is 21.3 Å². The first-order chi connectivity index (χ1) is 8.47. The van der Waals surface area contributed by atoms with Crippen LogP contribution in [0.4, 0.5) is 4.39 Å². The first-order valence-electron chi connectivity index (χ1n) is 4.87. The van der Waals surface area contributed by atoms with Gasteiger partial charge in [-0.25, -0.2) is 4.79 Å². The molecular weight excluding hydrogens is 247 g/mol. The van der Waals surface area contributed by atoms with Crippen LogP contribution >= 0.6 is 0 Å². The molecule has 0 amide bonds. The number of hydrogen-bond acceptors (Lipinski definition) is 5. The molecule has 1 aromatic rings. The Morgan fingerprint density at radius 1 is 1.22 bits per heavy atom. The second-order valence-electron chi connectivity index (χ2n) is 3.29. The molecule has 1 rings (SSSR count). The van der Waals surface area contributed by atoms with Crippen molar-refractivity contribution in [3.8, 4) is 17.2 Å². The van der Waals surface area contributed by atoms with E-state index in [2.05, 4.69) is 0 Å². The van der Waals surface area contributed by atoms with Crippen molar-refractivity contribution < 1.29 is 33.6 Å². The van der Waals surface area contributed by atoms with Gasteiger partial charge in [-0.1, -0.05) is 0 Å². The first kappa shape index (κ1) is 14.0. The maximum atomic E-state index is 14.0. The molecule has 0 spiro atoms. The molecule has 0 aliphatic rings. The van der Waals surface area contributed by atoms with Crippen molar-refractivity contribution >= 4 is 5.97 Å². The quantitative estimate of drug-likeness (QED) is 0.820. The molecule has 1 atom stereocenters. The van der Waals surface area contributed by atoms with Crippen LogP contribution in [-0.2, 0) is 4.79 Å². The van der Waals surface area contributed by atoms with Crippen molar-refractivity contribution in [1.29, 1.82) is 0 Å². The molecule has 6 nitrogen and oxygen atoms in total. The van der Waals surface area contributed by atoms with Crippen LogP contribution in [-0.4, -0.2) is 37.5 Å². The zero-order valence-electron chi connectivity index (χ0n) is 10.1. The smallest absolute Gasteiger partial charge is 0.337 e. The Hall–Kier alpha value is -2.02. The number of carboxylic acids is 1. The fourth-order valence-electron chi connectivity index (χ4n) is 1.50. The summed E-state index contributed by atoms with van der Waals surface area (Å²) in [7, 11) is 3.65. The summed E-state index contributed by atoms with van der Waals surface area (Å²) in [5, 5.41) is 18.2. The van der Waals surface area contributed by atoms with Gasteiger partial charge in [0.1, 0.15) is 0 Å². The normalized spacial score (nSPS) is 11.8. The van der Waals surface area contributed by atoms with Gasteiger partial charge in [0, 0.05) is 5.56 Å². The second-order valence-corrected chi connectivity index (χ2v) is 3.29.